The van der Waals surface area contributed by atoms with Crippen molar-refractivity contribution in [1.82, 2.24) is 9.97 Å². The molecule has 0 spiro atoms. The van der Waals surface area contributed by atoms with Crippen molar-refractivity contribution in [3.05, 3.63) is 47.6 Å². The van der Waals surface area contributed by atoms with Gasteiger partial charge in [0, 0.05) is 37.4 Å². The second kappa shape index (κ2) is 6.32. The molecule has 1 saturated heterocycles. The van der Waals surface area contributed by atoms with Gasteiger partial charge in [0.15, 0.2) is 5.58 Å². The molecule has 2 aromatic heterocycles. The van der Waals surface area contributed by atoms with E-state index in [1.807, 2.05) is 36.5 Å². The number of piperidine rings is 1. The second-order valence-corrected chi connectivity index (χ2v) is 6.56. The van der Waals surface area contributed by atoms with E-state index in [-0.39, 0.29) is 0 Å². The van der Waals surface area contributed by atoms with Gasteiger partial charge < -0.3 is 14.2 Å². The van der Waals surface area contributed by atoms with Gasteiger partial charge in [-0.25, -0.2) is 4.98 Å². The van der Waals surface area contributed by atoms with Crippen molar-refractivity contribution in [2.45, 2.75) is 18.9 Å². The first kappa shape index (κ1) is 15.3. The molecule has 0 saturated carbocycles. The molecule has 0 atom stereocenters. The first-order chi connectivity index (χ1) is 11.7. The van der Waals surface area contributed by atoms with Crippen LogP contribution in [0.5, 0.6) is 0 Å². The molecule has 1 aliphatic rings. The molecule has 3 heterocycles. The van der Waals surface area contributed by atoms with Crippen LogP contribution in [0.15, 0.2) is 47.0 Å². The van der Waals surface area contributed by atoms with E-state index in [2.05, 4.69) is 32.9 Å². The number of anilines is 2. The standard InChI is InChI=1S/C18H19ClN4O/c1-22(17-4-2-3-9-20-17)14-7-10-23(11-8-14)18-21-15-12-13(19)5-6-16(15)24-18/h2-6,9,12,14H,7-8,10-11H2,1H3. The number of benzene rings is 1. The third kappa shape index (κ3) is 2.91. The largest absolute Gasteiger partial charge is 0.423 e. The lowest BCUT2D eigenvalue weighted by molar-refractivity contribution is 0.452. The van der Waals surface area contributed by atoms with Crippen molar-refractivity contribution < 1.29 is 4.42 Å². The fourth-order valence-electron chi connectivity index (χ4n) is 3.22. The van der Waals surface area contributed by atoms with Crippen LogP contribution in [0.3, 0.4) is 0 Å². The molecule has 1 aliphatic heterocycles. The van der Waals surface area contributed by atoms with Crippen LogP contribution in [0, 0.1) is 0 Å². The number of aromatic nitrogens is 2. The fraction of sp³-hybridized carbons (Fsp3) is 0.333. The Morgan fingerprint density at radius 3 is 2.79 bits per heavy atom. The van der Waals surface area contributed by atoms with E-state index in [0.29, 0.717) is 17.1 Å². The number of hydrogen-bond acceptors (Lipinski definition) is 5. The van der Waals surface area contributed by atoms with Gasteiger partial charge >= 0.3 is 0 Å². The summed E-state index contributed by atoms with van der Waals surface area (Å²) in [6.45, 7) is 1.84. The van der Waals surface area contributed by atoms with Gasteiger partial charge in [-0.3, -0.25) is 0 Å². The number of halogens is 1. The molecule has 0 aliphatic carbocycles. The number of rotatable bonds is 3. The Bertz CT molecular complexity index is 827. The predicted octanol–water partition coefficient (Wildman–Crippen LogP) is 3.98. The molecule has 0 bridgehead atoms. The predicted molar refractivity (Wildman–Crippen MR) is 96.9 cm³/mol. The average molecular weight is 343 g/mol. The minimum absolute atomic E-state index is 0.481. The molecular weight excluding hydrogens is 324 g/mol. The molecule has 3 aromatic rings. The first-order valence-electron chi connectivity index (χ1n) is 8.15. The number of pyridine rings is 1. The van der Waals surface area contributed by atoms with E-state index in [1.165, 1.54) is 0 Å². The van der Waals surface area contributed by atoms with Crippen molar-refractivity contribution in [2.75, 3.05) is 29.9 Å². The molecule has 4 rings (SSSR count). The van der Waals surface area contributed by atoms with Gasteiger partial charge in [-0.1, -0.05) is 17.7 Å². The topological polar surface area (TPSA) is 45.4 Å². The monoisotopic (exact) mass is 342 g/mol. The van der Waals surface area contributed by atoms with Crippen molar-refractivity contribution in [3.63, 3.8) is 0 Å². The van der Waals surface area contributed by atoms with Crippen LogP contribution in [0.2, 0.25) is 5.02 Å². The Labute approximate surface area is 145 Å². The molecule has 0 radical (unpaired) electrons. The summed E-state index contributed by atoms with van der Waals surface area (Å²) in [5.41, 5.74) is 1.59. The van der Waals surface area contributed by atoms with Gasteiger partial charge in [-0.15, -0.1) is 0 Å². The van der Waals surface area contributed by atoms with E-state index >= 15 is 0 Å². The number of nitrogens with zero attached hydrogens (tertiary/aromatic N) is 4. The minimum atomic E-state index is 0.481. The fourth-order valence-corrected chi connectivity index (χ4v) is 3.38. The minimum Gasteiger partial charge on any atom is -0.423 e. The highest BCUT2D eigenvalue weighted by Crippen LogP contribution is 2.28. The molecule has 1 aromatic carbocycles. The summed E-state index contributed by atoms with van der Waals surface area (Å²) in [7, 11) is 2.12. The van der Waals surface area contributed by atoms with Gasteiger partial charge in [-0.2, -0.15) is 4.98 Å². The lowest BCUT2D eigenvalue weighted by Crippen LogP contribution is -2.43. The summed E-state index contributed by atoms with van der Waals surface area (Å²) in [6, 6.07) is 12.7. The van der Waals surface area contributed by atoms with E-state index in [9.17, 15) is 0 Å². The Balaban J connectivity index is 1.45. The zero-order valence-electron chi connectivity index (χ0n) is 13.5. The summed E-state index contributed by atoms with van der Waals surface area (Å²) in [5, 5.41) is 0.679. The van der Waals surface area contributed by atoms with Crippen molar-refractivity contribution >= 4 is 34.5 Å². The molecule has 24 heavy (non-hydrogen) atoms. The number of oxazole rings is 1. The summed E-state index contributed by atoms with van der Waals surface area (Å²) in [6.07, 6.45) is 3.93. The first-order valence-corrected chi connectivity index (χ1v) is 8.53. The number of fused-ring (bicyclic) bond motifs is 1. The van der Waals surface area contributed by atoms with Crippen molar-refractivity contribution in [2.24, 2.45) is 0 Å². The van der Waals surface area contributed by atoms with Gasteiger partial charge in [-0.05, 0) is 43.2 Å². The van der Waals surface area contributed by atoms with Gasteiger partial charge in [0.2, 0.25) is 0 Å². The van der Waals surface area contributed by atoms with Crippen LogP contribution in [0.1, 0.15) is 12.8 Å². The summed E-state index contributed by atoms with van der Waals surface area (Å²) in [5.74, 6) is 1.02. The van der Waals surface area contributed by atoms with Crippen LogP contribution in [0.25, 0.3) is 11.1 Å². The summed E-state index contributed by atoms with van der Waals surface area (Å²) < 4.78 is 5.87. The lowest BCUT2D eigenvalue weighted by atomic mass is 10.0. The Kier molecular flexibility index (Phi) is 4.02. The Morgan fingerprint density at radius 1 is 1.21 bits per heavy atom. The van der Waals surface area contributed by atoms with E-state index in [1.54, 1.807) is 0 Å². The second-order valence-electron chi connectivity index (χ2n) is 6.13. The number of hydrogen-bond donors (Lipinski definition) is 0. The highest BCUT2D eigenvalue weighted by Gasteiger charge is 2.25. The van der Waals surface area contributed by atoms with E-state index in [0.717, 1.165) is 42.8 Å². The molecule has 124 valence electrons. The van der Waals surface area contributed by atoms with E-state index < -0.39 is 0 Å². The van der Waals surface area contributed by atoms with Crippen LogP contribution >= 0.6 is 11.6 Å². The maximum Gasteiger partial charge on any atom is 0.298 e. The highest BCUT2D eigenvalue weighted by atomic mass is 35.5. The Morgan fingerprint density at radius 2 is 2.04 bits per heavy atom. The van der Waals surface area contributed by atoms with Crippen LogP contribution < -0.4 is 9.80 Å². The van der Waals surface area contributed by atoms with Crippen LogP contribution in [0.4, 0.5) is 11.8 Å². The summed E-state index contributed by atoms with van der Waals surface area (Å²) >= 11 is 6.02. The van der Waals surface area contributed by atoms with Gasteiger partial charge in [0.05, 0.1) is 0 Å². The van der Waals surface area contributed by atoms with Crippen LogP contribution in [-0.2, 0) is 0 Å². The Hall–Kier alpha value is -2.27. The molecule has 0 N–H and O–H groups in total. The van der Waals surface area contributed by atoms with Crippen molar-refractivity contribution in [3.8, 4) is 0 Å². The van der Waals surface area contributed by atoms with Crippen molar-refractivity contribution in [1.29, 1.82) is 0 Å². The lowest BCUT2D eigenvalue weighted by Gasteiger charge is -2.36. The zero-order chi connectivity index (χ0) is 16.5. The SMILES string of the molecule is CN(c1ccccn1)C1CCN(c2nc3cc(Cl)ccc3o2)CC1. The normalized spacial score (nSPS) is 15.8. The smallest absolute Gasteiger partial charge is 0.298 e. The molecule has 5 nitrogen and oxygen atoms in total. The third-order valence-corrected chi connectivity index (χ3v) is 4.87. The molecule has 0 amide bonds. The maximum atomic E-state index is 6.02. The molecule has 1 fully saturated rings. The molecule has 6 heteroatoms. The quantitative estimate of drug-likeness (QED) is 0.720. The molecule has 0 unspecified atom stereocenters. The maximum absolute atomic E-state index is 6.02. The van der Waals surface area contributed by atoms with Gasteiger partial charge in [0.1, 0.15) is 11.3 Å². The van der Waals surface area contributed by atoms with Crippen LogP contribution in [-0.4, -0.2) is 36.1 Å². The summed E-state index contributed by atoms with van der Waals surface area (Å²) in [4.78, 5) is 13.5. The third-order valence-electron chi connectivity index (χ3n) is 4.63. The van der Waals surface area contributed by atoms with E-state index in [4.69, 9.17) is 16.0 Å². The average Bonchev–Trinajstić information content (AvgIpc) is 3.05. The molecular formula is C18H19ClN4O. The van der Waals surface area contributed by atoms with Gasteiger partial charge in [0.25, 0.3) is 6.01 Å². The highest BCUT2D eigenvalue weighted by molar-refractivity contribution is 6.31. The zero-order valence-corrected chi connectivity index (χ0v) is 14.3.